The summed E-state index contributed by atoms with van der Waals surface area (Å²) >= 11 is 0. The lowest BCUT2D eigenvalue weighted by molar-refractivity contribution is -0.160. The van der Waals surface area contributed by atoms with Gasteiger partial charge in [-0.05, 0) is 99.4 Å². The molecular formula is C31H38FNO4. The molecule has 2 aromatic carbocycles. The molecule has 5 nitrogen and oxygen atoms in total. The van der Waals surface area contributed by atoms with Gasteiger partial charge < -0.3 is 14.7 Å². The number of ether oxygens (including phenoxy) is 1. The Bertz CT molecular complexity index is 1220. The Morgan fingerprint density at radius 2 is 1.73 bits per heavy atom. The van der Waals surface area contributed by atoms with Gasteiger partial charge in [0, 0.05) is 24.2 Å². The molecule has 2 aliphatic rings. The summed E-state index contributed by atoms with van der Waals surface area (Å²) in [6.07, 6.45) is 9.17. The van der Waals surface area contributed by atoms with E-state index < -0.39 is 23.5 Å². The molecule has 6 heteroatoms. The molecule has 1 fully saturated rings. The molecule has 2 aromatic rings. The first-order valence-corrected chi connectivity index (χ1v) is 13.2. The zero-order valence-corrected chi connectivity index (χ0v) is 22.6. The third-order valence-electron chi connectivity index (χ3n) is 7.57. The molecule has 0 aromatic heterocycles. The Morgan fingerprint density at radius 1 is 1.08 bits per heavy atom. The fraction of sp³-hybridized carbons (Fsp3) is 0.484. The summed E-state index contributed by atoms with van der Waals surface area (Å²) in [5, 5.41) is 10.3. The summed E-state index contributed by atoms with van der Waals surface area (Å²) in [6.45, 7) is 10.3. The lowest BCUT2D eigenvalue weighted by atomic mass is 9.84. The highest BCUT2D eigenvalue weighted by molar-refractivity contribution is 5.94. The van der Waals surface area contributed by atoms with Gasteiger partial charge in [0.2, 0.25) is 0 Å². The van der Waals surface area contributed by atoms with Crippen molar-refractivity contribution < 1.29 is 23.8 Å². The van der Waals surface area contributed by atoms with Crippen LogP contribution in [0.15, 0.2) is 30.3 Å². The molecule has 0 bridgehead atoms. The van der Waals surface area contributed by atoms with E-state index in [9.17, 15) is 19.1 Å². The zero-order valence-electron chi connectivity index (χ0n) is 22.6. The summed E-state index contributed by atoms with van der Waals surface area (Å²) in [5.74, 6) is -1.24. The SMILES string of the molecule is Cc1c(/C=C/C2CCCCC2)c([C@H](OC(C)(C)C)C(=O)O)c(C)c2c1CN(C(=O)c1cccc(F)c1)C2. The number of hydrogen-bond donors (Lipinski definition) is 1. The van der Waals surface area contributed by atoms with Crippen LogP contribution in [0, 0.1) is 25.6 Å². The van der Waals surface area contributed by atoms with E-state index in [2.05, 4.69) is 12.2 Å². The van der Waals surface area contributed by atoms with Crippen molar-refractivity contribution in [2.45, 2.75) is 91.5 Å². The van der Waals surface area contributed by atoms with Crippen LogP contribution in [0.4, 0.5) is 4.39 Å². The summed E-state index contributed by atoms with van der Waals surface area (Å²) in [4.78, 5) is 27.5. The van der Waals surface area contributed by atoms with Crippen molar-refractivity contribution in [2.75, 3.05) is 0 Å². The number of carbonyl (C=O) groups excluding carboxylic acids is 1. The summed E-state index contributed by atoms with van der Waals surface area (Å²) in [7, 11) is 0. The molecule has 1 aliphatic carbocycles. The molecule has 1 heterocycles. The van der Waals surface area contributed by atoms with Crippen LogP contribution in [-0.4, -0.2) is 27.5 Å². The van der Waals surface area contributed by atoms with Gasteiger partial charge in [0.05, 0.1) is 5.60 Å². The third-order valence-corrected chi connectivity index (χ3v) is 7.57. The van der Waals surface area contributed by atoms with Crippen molar-refractivity contribution >= 4 is 18.0 Å². The number of carboxylic acid groups (broad SMARTS) is 1. The molecule has 1 aliphatic heterocycles. The maximum Gasteiger partial charge on any atom is 0.337 e. The highest BCUT2D eigenvalue weighted by atomic mass is 19.1. The monoisotopic (exact) mass is 507 g/mol. The minimum Gasteiger partial charge on any atom is -0.479 e. The Kier molecular flexibility index (Phi) is 7.88. The molecule has 1 saturated carbocycles. The topological polar surface area (TPSA) is 66.8 Å². The summed E-state index contributed by atoms with van der Waals surface area (Å²) in [6, 6.07) is 5.74. The van der Waals surface area contributed by atoms with Gasteiger partial charge in [0.15, 0.2) is 6.10 Å². The quantitative estimate of drug-likeness (QED) is 0.452. The van der Waals surface area contributed by atoms with E-state index in [0.717, 1.165) is 40.7 Å². The molecule has 1 amide bonds. The Balaban J connectivity index is 1.80. The van der Waals surface area contributed by atoms with Crippen molar-refractivity contribution in [3.8, 4) is 0 Å². The lowest BCUT2D eigenvalue weighted by Crippen LogP contribution is -2.29. The minimum atomic E-state index is -1.14. The third kappa shape index (κ3) is 5.96. The molecule has 198 valence electrons. The molecular weight excluding hydrogens is 469 g/mol. The number of benzene rings is 2. The van der Waals surface area contributed by atoms with Crippen LogP contribution in [0.5, 0.6) is 0 Å². The van der Waals surface area contributed by atoms with Gasteiger partial charge in [-0.25, -0.2) is 9.18 Å². The van der Waals surface area contributed by atoms with Crippen LogP contribution in [0.2, 0.25) is 0 Å². The van der Waals surface area contributed by atoms with E-state index in [-0.39, 0.29) is 5.91 Å². The smallest absolute Gasteiger partial charge is 0.337 e. The van der Waals surface area contributed by atoms with Crippen molar-refractivity contribution in [2.24, 2.45) is 5.92 Å². The van der Waals surface area contributed by atoms with E-state index in [0.29, 0.717) is 30.1 Å². The minimum absolute atomic E-state index is 0.240. The number of aliphatic carboxylic acids is 1. The van der Waals surface area contributed by atoms with E-state index in [1.54, 1.807) is 11.0 Å². The number of rotatable bonds is 6. The summed E-state index contributed by atoms with van der Waals surface area (Å²) < 4.78 is 19.9. The fourth-order valence-electron chi connectivity index (χ4n) is 5.69. The number of nitrogens with zero attached hydrogens (tertiary/aromatic N) is 1. The number of carbonyl (C=O) groups is 2. The maximum absolute atomic E-state index is 13.8. The van der Waals surface area contributed by atoms with Crippen LogP contribution in [0.1, 0.15) is 103 Å². The van der Waals surface area contributed by atoms with E-state index in [1.807, 2.05) is 34.6 Å². The van der Waals surface area contributed by atoms with Gasteiger partial charge in [-0.3, -0.25) is 4.79 Å². The highest BCUT2D eigenvalue weighted by Gasteiger charge is 2.35. The Labute approximate surface area is 219 Å². The average molecular weight is 508 g/mol. The fourth-order valence-corrected chi connectivity index (χ4v) is 5.69. The number of fused-ring (bicyclic) bond motifs is 1. The van der Waals surface area contributed by atoms with Crippen LogP contribution in [0.25, 0.3) is 6.08 Å². The number of carboxylic acids is 1. The van der Waals surface area contributed by atoms with Crippen molar-refractivity contribution in [1.82, 2.24) is 4.90 Å². The molecule has 1 N–H and O–H groups in total. The van der Waals surface area contributed by atoms with Gasteiger partial charge in [0.25, 0.3) is 5.91 Å². The predicted molar refractivity (Wildman–Crippen MR) is 143 cm³/mol. The molecule has 0 radical (unpaired) electrons. The molecule has 0 unspecified atom stereocenters. The number of amides is 1. The first-order chi connectivity index (χ1) is 17.5. The van der Waals surface area contributed by atoms with Gasteiger partial charge in [-0.2, -0.15) is 0 Å². The standard InChI is InChI=1S/C31H38FNO4/c1-19-24(15-14-21-10-7-6-8-11-21)27(28(30(35)36)37-31(3,4)5)20(2)26-18-33(17-25(19)26)29(34)22-12-9-13-23(32)16-22/h9,12-16,21,28H,6-8,10-11,17-18H2,1-5H3,(H,35,36)/b15-14+/t28-/m0/s1. The summed E-state index contributed by atoms with van der Waals surface area (Å²) in [5.41, 5.74) is 4.98. The largest absolute Gasteiger partial charge is 0.479 e. The van der Waals surface area contributed by atoms with E-state index in [1.165, 1.54) is 37.5 Å². The van der Waals surface area contributed by atoms with E-state index >= 15 is 0 Å². The molecule has 0 spiro atoms. The van der Waals surface area contributed by atoms with Gasteiger partial charge >= 0.3 is 5.97 Å². The van der Waals surface area contributed by atoms with Gasteiger partial charge in [0.1, 0.15) is 5.82 Å². The van der Waals surface area contributed by atoms with Crippen LogP contribution in [0.3, 0.4) is 0 Å². The second kappa shape index (κ2) is 10.8. The van der Waals surface area contributed by atoms with Crippen LogP contribution >= 0.6 is 0 Å². The van der Waals surface area contributed by atoms with Crippen molar-refractivity contribution in [3.63, 3.8) is 0 Å². The van der Waals surface area contributed by atoms with Crippen molar-refractivity contribution in [1.29, 1.82) is 0 Å². The average Bonchev–Trinajstić information content (AvgIpc) is 3.30. The molecule has 1 atom stereocenters. The first-order valence-electron chi connectivity index (χ1n) is 13.2. The number of hydrogen-bond acceptors (Lipinski definition) is 3. The van der Waals surface area contributed by atoms with Crippen LogP contribution in [-0.2, 0) is 22.6 Å². The second-order valence-electron chi connectivity index (χ2n) is 11.4. The van der Waals surface area contributed by atoms with E-state index in [4.69, 9.17) is 4.74 Å². The zero-order chi connectivity index (χ0) is 26.9. The molecule has 0 saturated heterocycles. The maximum atomic E-state index is 13.8. The Hall–Kier alpha value is -2.99. The molecule has 37 heavy (non-hydrogen) atoms. The second-order valence-corrected chi connectivity index (χ2v) is 11.4. The Morgan fingerprint density at radius 3 is 2.32 bits per heavy atom. The highest BCUT2D eigenvalue weighted by Crippen LogP contribution is 2.40. The van der Waals surface area contributed by atoms with Crippen molar-refractivity contribution in [3.05, 3.63) is 75.1 Å². The predicted octanol–water partition coefficient (Wildman–Crippen LogP) is 7.13. The van der Waals surface area contributed by atoms with Gasteiger partial charge in [-0.1, -0.05) is 37.5 Å². The number of allylic oxidation sites excluding steroid dienone is 1. The van der Waals surface area contributed by atoms with Crippen LogP contribution < -0.4 is 0 Å². The lowest BCUT2D eigenvalue weighted by Gasteiger charge is -2.29. The first kappa shape index (κ1) is 27.1. The molecule has 4 rings (SSSR count). The number of halogens is 1. The normalized spacial score (nSPS) is 17.3. The van der Waals surface area contributed by atoms with Gasteiger partial charge in [-0.15, -0.1) is 0 Å².